The van der Waals surface area contributed by atoms with Crippen molar-refractivity contribution in [2.45, 2.75) is 45.3 Å². The van der Waals surface area contributed by atoms with E-state index in [1.165, 1.54) is 49.9 Å². The van der Waals surface area contributed by atoms with Crippen LogP contribution < -0.4 is 9.62 Å². The SMILES string of the molecule is CC(C(=O)NCc1cccc(CN2CCCCC2)c1)N(c1cc(Cl)cc(Cl)c1)S(C)(=O)=O. The maximum Gasteiger partial charge on any atom is 0.243 e. The Labute approximate surface area is 200 Å². The van der Waals surface area contributed by atoms with Gasteiger partial charge in [0.1, 0.15) is 6.04 Å². The number of hydrogen-bond donors (Lipinski definition) is 1. The summed E-state index contributed by atoms with van der Waals surface area (Å²) >= 11 is 12.1. The number of amides is 1. The molecular weight excluding hydrogens is 469 g/mol. The van der Waals surface area contributed by atoms with Crippen LogP contribution in [0.2, 0.25) is 10.0 Å². The standard InChI is InChI=1S/C23H29Cl2N3O3S/c1-17(28(32(2,30)31)22-13-20(24)12-21(25)14-22)23(29)26-15-18-7-6-8-19(11-18)16-27-9-4-3-5-10-27/h6-8,11-14,17H,3-5,9-10,15-16H2,1-2H3,(H,26,29). The minimum Gasteiger partial charge on any atom is -0.350 e. The number of hydrogen-bond acceptors (Lipinski definition) is 4. The predicted molar refractivity (Wildman–Crippen MR) is 131 cm³/mol. The number of rotatable bonds is 8. The van der Waals surface area contributed by atoms with Crippen molar-refractivity contribution in [3.8, 4) is 0 Å². The number of halogens is 2. The molecule has 2 aromatic rings. The zero-order chi connectivity index (χ0) is 23.3. The van der Waals surface area contributed by atoms with E-state index in [0.717, 1.165) is 35.8 Å². The van der Waals surface area contributed by atoms with Gasteiger partial charge in [-0.05, 0) is 62.2 Å². The molecule has 1 unspecified atom stereocenters. The summed E-state index contributed by atoms with van der Waals surface area (Å²) in [4.78, 5) is 15.3. The van der Waals surface area contributed by atoms with Crippen molar-refractivity contribution in [3.05, 3.63) is 63.6 Å². The molecular formula is C23H29Cl2N3O3S. The first-order chi connectivity index (χ1) is 15.1. The van der Waals surface area contributed by atoms with E-state index in [4.69, 9.17) is 23.2 Å². The highest BCUT2D eigenvalue weighted by Gasteiger charge is 2.29. The summed E-state index contributed by atoms with van der Waals surface area (Å²) in [6.07, 6.45) is 4.83. The second kappa shape index (κ2) is 10.9. The summed E-state index contributed by atoms with van der Waals surface area (Å²) in [6.45, 7) is 4.99. The highest BCUT2D eigenvalue weighted by atomic mass is 35.5. The molecule has 174 valence electrons. The van der Waals surface area contributed by atoms with E-state index >= 15 is 0 Å². The van der Waals surface area contributed by atoms with Gasteiger partial charge >= 0.3 is 0 Å². The van der Waals surface area contributed by atoms with Gasteiger partial charge in [-0.1, -0.05) is 53.9 Å². The van der Waals surface area contributed by atoms with Crippen molar-refractivity contribution >= 4 is 44.8 Å². The van der Waals surface area contributed by atoms with Crippen LogP contribution in [0, 0.1) is 0 Å². The first kappa shape index (κ1) is 24.8. The molecule has 1 aliphatic heterocycles. The van der Waals surface area contributed by atoms with Crippen molar-refractivity contribution in [1.82, 2.24) is 10.2 Å². The van der Waals surface area contributed by atoms with E-state index in [9.17, 15) is 13.2 Å². The van der Waals surface area contributed by atoms with Crippen LogP contribution in [0.15, 0.2) is 42.5 Å². The lowest BCUT2D eigenvalue weighted by Crippen LogP contribution is -2.47. The molecule has 0 spiro atoms. The minimum atomic E-state index is -3.75. The molecule has 0 aliphatic carbocycles. The summed E-state index contributed by atoms with van der Waals surface area (Å²) in [6, 6.07) is 11.6. The van der Waals surface area contributed by atoms with Gasteiger partial charge < -0.3 is 5.32 Å². The average Bonchev–Trinajstić information content (AvgIpc) is 2.71. The first-order valence-electron chi connectivity index (χ1n) is 10.7. The Morgan fingerprint density at radius 2 is 1.69 bits per heavy atom. The van der Waals surface area contributed by atoms with Gasteiger partial charge in [0, 0.05) is 23.1 Å². The molecule has 3 rings (SSSR count). The number of benzene rings is 2. The maximum atomic E-state index is 12.9. The van der Waals surface area contributed by atoms with E-state index in [2.05, 4.69) is 22.3 Å². The molecule has 32 heavy (non-hydrogen) atoms. The Kier molecular flexibility index (Phi) is 8.44. The highest BCUT2D eigenvalue weighted by molar-refractivity contribution is 7.92. The topological polar surface area (TPSA) is 69.7 Å². The van der Waals surface area contributed by atoms with Gasteiger partial charge in [0.05, 0.1) is 11.9 Å². The van der Waals surface area contributed by atoms with Crippen molar-refractivity contribution in [2.75, 3.05) is 23.7 Å². The van der Waals surface area contributed by atoms with E-state index in [0.29, 0.717) is 16.6 Å². The predicted octanol–water partition coefficient (Wildman–Crippen LogP) is 4.45. The fourth-order valence-corrected chi connectivity index (χ4v) is 5.70. The number of piperidine rings is 1. The van der Waals surface area contributed by atoms with E-state index in [1.807, 2.05) is 12.1 Å². The lowest BCUT2D eigenvalue weighted by Gasteiger charge is -2.28. The van der Waals surface area contributed by atoms with Gasteiger partial charge in [-0.2, -0.15) is 0 Å². The number of anilines is 1. The van der Waals surface area contributed by atoms with E-state index in [-0.39, 0.29) is 5.69 Å². The van der Waals surface area contributed by atoms with Crippen LogP contribution in [-0.4, -0.2) is 44.6 Å². The molecule has 1 N–H and O–H groups in total. The second-order valence-electron chi connectivity index (χ2n) is 8.24. The third-order valence-corrected chi connectivity index (χ3v) is 7.18. The largest absolute Gasteiger partial charge is 0.350 e. The summed E-state index contributed by atoms with van der Waals surface area (Å²) in [7, 11) is -3.75. The molecule has 1 heterocycles. The molecule has 2 aromatic carbocycles. The monoisotopic (exact) mass is 497 g/mol. The van der Waals surface area contributed by atoms with Crippen LogP contribution in [-0.2, 0) is 27.9 Å². The molecule has 0 radical (unpaired) electrons. The third-order valence-electron chi connectivity index (χ3n) is 5.50. The van der Waals surface area contributed by atoms with Crippen molar-refractivity contribution in [2.24, 2.45) is 0 Å². The number of likely N-dealkylation sites (tertiary alicyclic amines) is 1. The van der Waals surface area contributed by atoms with Crippen LogP contribution in [0.5, 0.6) is 0 Å². The van der Waals surface area contributed by atoms with E-state index in [1.54, 1.807) is 0 Å². The number of carbonyl (C=O) groups excluding carboxylic acids is 1. The molecule has 6 nitrogen and oxygen atoms in total. The van der Waals surface area contributed by atoms with Crippen LogP contribution in [0.25, 0.3) is 0 Å². The fraction of sp³-hybridized carbons (Fsp3) is 0.435. The second-order valence-corrected chi connectivity index (χ2v) is 11.0. The summed E-state index contributed by atoms with van der Waals surface area (Å²) in [5.74, 6) is -0.409. The maximum absolute atomic E-state index is 12.9. The highest BCUT2D eigenvalue weighted by Crippen LogP contribution is 2.28. The van der Waals surface area contributed by atoms with Crippen LogP contribution in [0.4, 0.5) is 5.69 Å². The number of nitrogens with one attached hydrogen (secondary N) is 1. The van der Waals surface area contributed by atoms with Crippen molar-refractivity contribution < 1.29 is 13.2 Å². The molecule has 9 heteroatoms. The fourth-order valence-electron chi connectivity index (χ4n) is 4.03. The summed E-state index contributed by atoms with van der Waals surface area (Å²) in [5.41, 5.74) is 2.42. The van der Waals surface area contributed by atoms with Gasteiger partial charge in [0.2, 0.25) is 15.9 Å². The molecule has 1 aliphatic rings. The van der Waals surface area contributed by atoms with Crippen LogP contribution in [0.1, 0.15) is 37.3 Å². The molecule has 1 atom stereocenters. The van der Waals surface area contributed by atoms with Gasteiger partial charge in [0.25, 0.3) is 0 Å². The van der Waals surface area contributed by atoms with Crippen LogP contribution in [0.3, 0.4) is 0 Å². The van der Waals surface area contributed by atoms with Crippen LogP contribution >= 0.6 is 23.2 Å². The zero-order valence-corrected chi connectivity index (χ0v) is 20.7. The van der Waals surface area contributed by atoms with Crippen molar-refractivity contribution in [1.29, 1.82) is 0 Å². The molecule has 0 aromatic heterocycles. The first-order valence-corrected chi connectivity index (χ1v) is 13.3. The average molecular weight is 498 g/mol. The normalized spacial score (nSPS) is 15.9. The molecule has 0 bridgehead atoms. The smallest absolute Gasteiger partial charge is 0.243 e. The summed E-state index contributed by atoms with van der Waals surface area (Å²) < 4.78 is 26.0. The number of nitrogens with zero attached hydrogens (tertiary/aromatic N) is 2. The van der Waals surface area contributed by atoms with Gasteiger partial charge in [-0.3, -0.25) is 14.0 Å². The third kappa shape index (κ3) is 6.85. The minimum absolute atomic E-state index is 0.246. The Morgan fingerprint density at radius 1 is 1.06 bits per heavy atom. The Bertz CT molecular complexity index is 1040. The zero-order valence-electron chi connectivity index (χ0n) is 18.4. The van der Waals surface area contributed by atoms with Gasteiger partial charge in [-0.15, -0.1) is 0 Å². The molecule has 1 saturated heterocycles. The Balaban J connectivity index is 1.68. The lowest BCUT2D eigenvalue weighted by molar-refractivity contribution is -0.122. The van der Waals surface area contributed by atoms with E-state index < -0.39 is 22.0 Å². The van der Waals surface area contributed by atoms with Crippen molar-refractivity contribution in [3.63, 3.8) is 0 Å². The Hall–Kier alpha value is -1.80. The molecule has 1 amide bonds. The number of sulfonamides is 1. The number of carbonyl (C=O) groups is 1. The van der Waals surface area contributed by atoms with Gasteiger partial charge in [-0.25, -0.2) is 8.42 Å². The van der Waals surface area contributed by atoms with Gasteiger partial charge in [0.15, 0.2) is 0 Å². The molecule has 1 fully saturated rings. The Morgan fingerprint density at radius 3 is 2.31 bits per heavy atom. The summed E-state index contributed by atoms with van der Waals surface area (Å²) in [5, 5.41) is 3.44. The lowest BCUT2D eigenvalue weighted by atomic mass is 10.1. The molecule has 0 saturated carbocycles. The quantitative estimate of drug-likeness (QED) is 0.584.